The maximum atomic E-state index is 13.2. The molecule has 0 bridgehead atoms. The van der Waals surface area contributed by atoms with Crippen LogP contribution in [0.2, 0.25) is 0 Å². The predicted molar refractivity (Wildman–Crippen MR) is 129 cm³/mol. The number of rotatable bonds is 8. The first-order valence-electron chi connectivity index (χ1n) is 11.3. The van der Waals surface area contributed by atoms with Crippen molar-refractivity contribution in [3.05, 3.63) is 65.2 Å². The van der Waals surface area contributed by atoms with Gasteiger partial charge >= 0.3 is 0 Å². The van der Waals surface area contributed by atoms with Gasteiger partial charge in [0, 0.05) is 36.4 Å². The van der Waals surface area contributed by atoms with Crippen LogP contribution in [0.1, 0.15) is 50.3 Å². The molecule has 0 saturated heterocycles. The number of benzene rings is 2. The normalized spacial score (nSPS) is 14.0. The number of fused-ring (bicyclic) bond motifs is 2. The molecule has 33 heavy (non-hydrogen) atoms. The summed E-state index contributed by atoms with van der Waals surface area (Å²) in [5.41, 5.74) is 9.09. The molecular weight excluding hydrogens is 414 g/mol. The summed E-state index contributed by atoms with van der Waals surface area (Å²) in [6, 6.07) is 14.8. The van der Waals surface area contributed by atoms with Crippen LogP contribution in [-0.4, -0.2) is 30.2 Å². The van der Waals surface area contributed by atoms with Crippen LogP contribution in [0.15, 0.2) is 48.5 Å². The first-order valence-corrected chi connectivity index (χ1v) is 11.3. The summed E-state index contributed by atoms with van der Waals surface area (Å²) in [7, 11) is 0. The van der Waals surface area contributed by atoms with E-state index in [-0.39, 0.29) is 42.9 Å². The molecule has 6 heteroatoms. The highest BCUT2D eigenvalue weighted by Gasteiger charge is 2.27. The van der Waals surface area contributed by atoms with E-state index in [0.29, 0.717) is 6.54 Å². The summed E-state index contributed by atoms with van der Waals surface area (Å²) in [5.74, 6) is 5.43. The number of para-hydroxylation sites is 1. The van der Waals surface area contributed by atoms with Crippen molar-refractivity contribution in [2.75, 3.05) is 11.4 Å². The number of nitrogens with zero attached hydrogens (tertiary/aromatic N) is 1. The fraction of sp³-hybridized carbons (Fsp3) is 0.370. The van der Waals surface area contributed by atoms with Crippen molar-refractivity contribution < 1.29 is 14.4 Å². The lowest BCUT2D eigenvalue weighted by atomic mass is 9.88. The molecule has 0 unspecified atom stereocenters. The molecule has 6 nitrogen and oxygen atoms in total. The van der Waals surface area contributed by atoms with Crippen molar-refractivity contribution in [2.45, 2.75) is 46.2 Å². The fourth-order valence-electron chi connectivity index (χ4n) is 3.80. The molecule has 0 aliphatic carbocycles. The summed E-state index contributed by atoms with van der Waals surface area (Å²) >= 11 is 0. The molecule has 0 spiro atoms. The van der Waals surface area contributed by atoms with E-state index < -0.39 is 12.0 Å². The lowest BCUT2D eigenvalue weighted by molar-refractivity contribution is -0.131. The van der Waals surface area contributed by atoms with Crippen molar-refractivity contribution in [1.29, 1.82) is 0 Å². The zero-order valence-corrected chi connectivity index (χ0v) is 19.4. The van der Waals surface area contributed by atoms with Crippen molar-refractivity contribution in [2.24, 2.45) is 17.6 Å². The SMILES string of the molecule is CC(C)[C@@H](CC(=O)[C@@H](C)N)C(=O)NCCC(=O)N1Cc2ccccc2C#Cc2ccccc21. The molecule has 3 N–H and O–H groups in total. The van der Waals surface area contributed by atoms with Gasteiger partial charge in [0.1, 0.15) is 5.78 Å². The molecular formula is C27H31N3O3. The third kappa shape index (κ3) is 6.09. The number of ketones is 1. The van der Waals surface area contributed by atoms with Gasteiger partial charge in [-0.2, -0.15) is 0 Å². The van der Waals surface area contributed by atoms with E-state index >= 15 is 0 Å². The second-order valence-corrected chi connectivity index (χ2v) is 8.75. The second-order valence-electron chi connectivity index (χ2n) is 8.75. The minimum absolute atomic E-state index is 0.0142. The molecule has 172 valence electrons. The Hall–Kier alpha value is -3.43. The molecule has 0 radical (unpaired) electrons. The summed E-state index contributed by atoms with van der Waals surface area (Å²) < 4.78 is 0. The Bertz CT molecular complexity index is 1100. The summed E-state index contributed by atoms with van der Waals surface area (Å²) in [6.07, 6.45) is 0.242. The number of amides is 2. The van der Waals surface area contributed by atoms with Gasteiger partial charge in [-0.25, -0.2) is 0 Å². The second kappa shape index (κ2) is 10.9. The van der Waals surface area contributed by atoms with Gasteiger partial charge in [-0.15, -0.1) is 0 Å². The molecule has 2 amide bonds. The monoisotopic (exact) mass is 445 g/mol. The molecule has 1 aliphatic heterocycles. The van der Waals surface area contributed by atoms with Gasteiger partial charge in [0.2, 0.25) is 11.8 Å². The topological polar surface area (TPSA) is 92.5 Å². The predicted octanol–water partition coefficient (Wildman–Crippen LogP) is 3.02. The third-order valence-corrected chi connectivity index (χ3v) is 5.88. The zero-order valence-electron chi connectivity index (χ0n) is 19.4. The molecule has 2 aromatic carbocycles. The average molecular weight is 446 g/mol. The quantitative estimate of drug-likeness (QED) is 0.611. The van der Waals surface area contributed by atoms with Crippen LogP contribution in [0.5, 0.6) is 0 Å². The van der Waals surface area contributed by atoms with Crippen LogP contribution in [0.25, 0.3) is 0 Å². The van der Waals surface area contributed by atoms with E-state index in [1.807, 2.05) is 62.4 Å². The molecule has 0 aromatic heterocycles. The summed E-state index contributed by atoms with van der Waals surface area (Å²) in [6.45, 7) is 6.03. The molecule has 2 aromatic rings. The van der Waals surface area contributed by atoms with Crippen LogP contribution in [-0.2, 0) is 20.9 Å². The largest absolute Gasteiger partial charge is 0.355 e. The van der Waals surface area contributed by atoms with Crippen LogP contribution < -0.4 is 16.0 Å². The van der Waals surface area contributed by atoms with E-state index in [1.54, 1.807) is 11.8 Å². The summed E-state index contributed by atoms with van der Waals surface area (Å²) in [4.78, 5) is 39.7. The minimum Gasteiger partial charge on any atom is -0.355 e. The highest BCUT2D eigenvalue weighted by atomic mass is 16.2. The third-order valence-electron chi connectivity index (χ3n) is 5.88. The average Bonchev–Trinajstić information content (AvgIpc) is 2.78. The van der Waals surface area contributed by atoms with Gasteiger partial charge in [0.25, 0.3) is 0 Å². The molecule has 0 fully saturated rings. The minimum atomic E-state index is -0.598. The number of carbonyl (C=O) groups excluding carboxylic acids is 3. The lowest BCUT2D eigenvalue weighted by Crippen LogP contribution is -2.40. The molecule has 3 rings (SSSR count). The van der Waals surface area contributed by atoms with Crippen LogP contribution in [0, 0.1) is 23.7 Å². The lowest BCUT2D eigenvalue weighted by Gasteiger charge is -2.26. The molecule has 1 aliphatic rings. The molecule has 1 heterocycles. The van der Waals surface area contributed by atoms with Crippen LogP contribution >= 0.6 is 0 Å². The van der Waals surface area contributed by atoms with E-state index in [0.717, 1.165) is 22.4 Å². The van der Waals surface area contributed by atoms with Gasteiger partial charge in [-0.1, -0.05) is 56.0 Å². The van der Waals surface area contributed by atoms with E-state index in [4.69, 9.17) is 5.73 Å². The number of hydrogen-bond acceptors (Lipinski definition) is 4. The van der Waals surface area contributed by atoms with Crippen molar-refractivity contribution in [3.8, 4) is 11.8 Å². The van der Waals surface area contributed by atoms with Gasteiger partial charge < -0.3 is 16.0 Å². The fourth-order valence-corrected chi connectivity index (χ4v) is 3.80. The Kier molecular flexibility index (Phi) is 8.02. The van der Waals surface area contributed by atoms with Crippen LogP contribution in [0.4, 0.5) is 5.69 Å². The number of hydrogen-bond donors (Lipinski definition) is 2. The number of nitrogens with one attached hydrogen (secondary N) is 1. The first-order chi connectivity index (χ1) is 15.8. The van der Waals surface area contributed by atoms with Gasteiger partial charge in [-0.3, -0.25) is 14.4 Å². The maximum Gasteiger partial charge on any atom is 0.229 e. The maximum absolute atomic E-state index is 13.2. The van der Waals surface area contributed by atoms with Crippen LogP contribution in [0.3, 0.4) is 0 Å². The Morgan fingerprint density at radius 2 is 1.64 bits per heavy atom. The van der Waals surface area contributed by atoms with Gasteiger partial charge in [0.05, 0.1) is 18.3 Å². The Labute approximate surface area is 195 Å². The smallest absolute Gasteiger partial charge is 0.229 e. The molecule has 0 saturated carbocycles. The highest BCUT2D eigenvalue weighted by molar-refractivity contribution is 5.95. The van der Waals surface area contributed by atoms with Gasteiger partial charge in [0.15, 0.2) is 0 Å². The standard InChI is InChI=1S/C27H31N3O3/c1-18(2)23(16-25(31)19(3)28)27(33)29-15-14-26(32)30-17-22-10-5-4-8-20(22)12-13-21-9-6-7-11-24(21)30/h4-11,18-19,23H,14-17,28H2,1-3H3,(H,29,33)/t19-,23-/m1/s1. The number of Topliss-reactive ketones (excluding diaryl/α,β-unsaturated/α-hetero) is 1. The molecule has 2 atom stereocenters. The Morgan fingerprint density at radius 1 is 1.00 bits per heavy atom. The Balaban J connectivity index is 1.70. The van der Waals surface area contributed by atoms with Crippen molar-refractivity contribution in [1.82, 2.24) is 5.32 Å². The number of nitrogens with two attached hydrogens (primary N) is 1. The number of carbonyl (C=O) groups is 3. The van der Waals surface area contributed by atoms with Crippen molar-refractivity contribution in [3.63, 3.8) is 0 Å². The van der Waals surface area contributed by atoms with E-state index in [9.17, 15) is 14.4 Å². The van der Waals surface area contributed by atoms with E-state index in [2.05, 4.69) is 17.2 Å². The Morgan fingerprint density at radius 3 is 2.33 bits per heavy atom. The summed E-state index contributed by atoms with van der Waals surface area (Å²) in [5, 5.41) is 2.84. The first kappa shape index (κ1) is 24.2. The number of anilines is 1. The zero-order chi connectivity index (χ0) is 24.0. The van der Waals surface area contributed by atoms with Crippen molar-refractivity contribution >= 4 is 23.3 Å². The van der Waals surface area contributed by atoms with Gasteiger partial charge in [-0.05, 0) is 36.6 Å². The highest BCUT2D eigenvalue weighted by Crippen LogP contribution is 2.26. The van der Waals surface area contributed by atoms with E-state index in [1.165, 1.54) is 0 Å².